The van der Waals surface area contributed by atoms with Crippen LogP contribution in [0.5, 0.6) is 0 Å². The molecule has 1 atom stereocenters. The molecule has 20 heavy (non-hydrogen) atoms. The van der Waals surface area contributed by atoms with Crippen LogP contribution in [0.2, 0.25) is 5.02 Å². The van der Waals surface area contributed by atoms with Crippen LogP contribution in [0.3, 0.4) is 0 Å². The molecule has 4 nitrogen and oxygen atoms in total. The monoisotopic (exact) mass is 309 g/mol. The average molecular weight is 310 g/mol. The van der Waals surface area contributed by atoms with Crippen LogP contribution in [-0.2, 0) is 6.54 Å². The van der Waals surface area contributed by atoms with Crippen molar-refractivity contribution >= 4 is 29.3 Å². The molecular weight excluding hydrogens is 294 g/mol. The van der Waals surface area contributed by atoms with Gasteiger partial charge in [0.1, 0.15) is 0 Å². The van der Waals surface area contributed by atoms with Gasteiger partial charge in [-0.3, -0.25) is 4.79 Å². The third-order valence-electron chi connectivity index (χ3n) is 2.84. The maximum Gasteiger partial charge on any atom is 0.253 e. The topological polar surface area (TPSA) is 46.9 Å². The smallest absolute Gasteiger partial charge is 0.253 e. The molecule has 2 rings (SSSR count). The minimum Gasteiger partial charge on any atom is -0.348 e. The Morgan fingerprint density at radius 3 is 3.00 bits per heavy atom. The molecule has 1 aromatic heterocycles. The summed E-state index contributed by atoms with van der Waals surface area (Å²) in [6, 6.07) is 5.46. The number of nitrogens with one attached hydrogen (secondary N) is 1. The Hall–Kier alpha value is -1.46. The summed E-state index contributed by atoms with van der Waals surface area (Å²) in [6.45, 7) is 2.62. The van der Waals surface area contributed by atoms with Crippen LogP contribution in [0.15, 0.2) is 41.8 Å². The Balaban J connectivity index is 2.04. The summed E-state index contributed by atoms with van der Waals surface area (Å²) in [5.74, 6) is -0.154. The molecule has 1 aromatic carbocycles. The zero-order valence-electron chi connectivity index (χ0n) is 11.3. The lowest BCUT2D eigenvalue weighted by molar-refractivity contribution is 0.0936. The van der Waals surface area contributed by atoms with Gasteiger partial charge in [0.15, 0.2) is 0 Å². The number of imidazole rings is 1. The fourth-order valence-corrected chi connectivity index (χ4v) is 2.51. The van der Waals surface area contributed by atoms with Gasteiger partial charge in [0, 0.05) is 29.9 Å². The first-order valence-corrected chi connectivity index (χ1v) is 7.80. The van der Waals surface area contributed by atoms with Gasteiger partial charge in [-0.15, -0.1) is 11.8 Å². The summed E-state index contributed by atoms with van der Waals surface area (Å²) in [5, 5.41) is 3.41. The van der Waals surface area contributed by atoms with Crippen LogP contribution in [-0.4, -0.2) is 27.8 Å². The highest BCUT2D eigenvalue weighted by Gasteiger charge is 2.14. The zero-order valence-corrected chi connectivity index (χ0v) is 12.9. The third-order valence-corrected chi connectivity index (χ3v) is 3.89. The predicted octanol–water partition coefficient (Wildman–Crippen LogP) is 3.08. The Labute approximate surface area is 127 Å². The number of aromatic nitrogens is 2. The second kappa shape index (κ2) is 6.81. The summed E-state index contributed by atoms with van der Waals surface area (Å²) in [7, 11) is 0. The Bertz CT molecular complexity index is 586. The molecule has 0 radical (unpaired) electrons. The van der Waals surface area contributed by atoms with E-state index in [1.807, 2.05) is 36.1 Å². The maximum atomic E-state index is 12.2. The van der Waals surface area contributed by atoms with E-state index in [-0.39, 0.29) is 11.9 Å². The van der Waals surface area contributed by atoms with Crippen molar-refractivity contribution in [1.82, 2.24) is 14.9 Å². The molecule has 0 fully saturated rings. The Morgan fingerprint density at radius 1 is 1.55 bits per heavy atom. The van der Waals surface area contributed by atoms with E-state index in [1.54, 1.807) is 30.4 Å². The molecule has 0 spiro atoms. The largest absolute Gasteiger partial charge is 0.348 e. The number of hydrogen-bond donors (Lipinski definition) is 1. The number of amides is 1. The van der Waals surface area contributed by atoms with Crippen molar-refractivity contribution in [2.45, 2.75) is 24.4 Å². The van der Waals surface area contributed by atoms with Crippen LogP contribution in [0.25, 0.3) is 0 Å². The minimum absolute atomic E-state index is 0.00861. The molecule has 0 saturated heterocycles. The van der Waals surface area contributed by atoms with Crippen molar-refractivity contribution in [2.24, 2.45) is 0 Å². The molecule has 0 aliphatic rings. The number of halogens is 1. The third kappa shape index (κ3) is 3.77. The summed E-state index contributed by atoms with van der Waals surface area (Å²) in [6.07, 6.45) is 7.27. The van der Waals surface area contributed by atoms with E-state index in [4.69, 9.17) is 11.6 Å². The molecule has 2 aromatic rings. The van der Waals surface area contributed by atoms with Crippen molar-refractivity contribution < 1.29 is 4.79 Å². The van der Waals surface area contributed by atoms with E-state index in [2.05, 4.69) is 10.3 Å². The number of hydrogen-bond acceptors (Lipinski definition) is 3. The number of carbonyl (C=O) groups is 1. The van der Waals surface area contributed by atoms with Gasteiger partial charge < -0.3 is 9.88 Å². The van der Waals surface area contributed by atoms with Crippen molar-refractivity contribution in [3.63, 3.8) is 0 Å². The lowest BCUT2D eigenvalue weighted by Crippen LogP contribution is -2.35. The molecule has 0 unspecified atom stereocenters. The quantitative estimate of drug-likeness (QED) is 0.863. The first kappa shape index (κ1) is 14.9. The van der Waals surface area contributed by atoms with Crippen LogP contribution in [0.1, 0.15) is 17.3 Å². The summed E-state index contributed by atoms with van der Waals surface area (Å²) >= 11 is 7.67. The van der Waals surface area contributed by atoms with Gasteiger partial charge in [-0.2, -0.15) is 0 Å². The fourth-order valence-electron chi connectivity index (χ4n) is 1.86. The molecule has 0 bridgehead atoms. The predicted molar refractivity (Wildman–Crippen MR) is 82.4 cm³/mol. The summed E-state index contributed by atoms with van der Waals surface area (Å²) < 4.78 is 1.92. The van der Waals surface area contributed by atoms with Gasteiger partial charge in [-0.25, -0.2) is 4.98 Å². The molecule has 0 saturated carbocycles. The lowest BCUT2D eigenvalue weighted by atomic mass is 10.2. The van der Waals surface area contributed by atoms with Crippen molar-refractivity contribution in [1.29, 1.82) is 0 Å². The first-order valence-electron chi connectivity index (χ1n) is 6.20. The van der Waals surface area contributed by atoms with Crippen molar-refractivity contribution in [2.75, 3.05) is 6.26 Å². The number of rotatable bonds is 5. The molecule has 6 heteroatoms. The molecule has 1 amide bonds. The SMILES string of the molecule is CSc1ccc(Cl)c(C(=O)N[C@@H](C)Cn2ccnc2)c1. The normalized spacial score (nSPS) is 12.2. The van der Waals surface area contributed by atoms with E-state index in [1.165, 1.54) is 0 Å². The highest BCUT2D eigenvalue weighted by molar-refractivity contribution is 7.98. The highest BCUT2D eigenvalue weighted by atomic mass is 35.5. The van der Waals surface area contributed by atoms with Crippen LogP contribution >= 0.6 is 23.4 Å². The van der Waals surface area contributed by atoms with E-state index in [0.29, 0.717) is 17.1 Å². The highest BCUT2D eigenvalue weighted by Crippen LogP contribution is 2.23. The van der Waals surface area contributed by atoms with Crippen LogP contribution < -0.4 is 5.32 Å². The molecule has 1 N–H and O–H groups in total. The molecular formula is C14H16ClN3OS. The zero-order chi connectivity index (χ0) is 14.5. The van der Waals surface area contributed by atoms with Crippen LogP contribution in [0, 0.1) is 0 Å². The molecule has 0 aliphatic heterocycles. The lowest BCUT2D eigenvalue weighted by Gasteiger charge is -2.15. The Morgan fingerprint density at radius 2 is 2.35 bits per heavy atom. The number of thioether (sulfide) groups is 1. The van der Waals surface area contributed by atoms with Gasteiger partial charge in [-0.1, -0.05) is 11.6 Å². The Kier molecular flexibility index (Phi) is 5.09. The average Bonchev–Trinajstić information content (AvgIpc) is 2.91. The van der Waals surface area contributed by atoms with E-state index >= 15 is 0 Å². The van der Waals surface area contributed by atoms with Gasteiger partial charge >= 0.3 is 0 Å². The van der Waals surface area contributed by atoms with Gasteiger partial charge in [0.05, 0.1) is 16.9 Å². The van der Waals surface area contributed by atoms with Gasteiger partial charge in [0.2, 0.25) is 0 Å². The number of nitrogens with zero attached hydrogens (tertiary/aromatic N) is 2. The number of benzene rings is 1. The second-order valence-corrected chi connectivity index (χ2v) is 5.77. The summed E-state index contributed by atoms with van der Waals surface area (Å²) in [5.41, 5.74) is 0.510. The number of carbonyl (C=O) groups excluding carboxylic acids is 1. The van der Waals surface area contributed by atoms with Crippen molar-refractivity contribution in [3.05, 3.63) is 47.5 Å². The summed E-state index contributed by atoms with van der Waals surface area (Å²) in [4.78, 5) is 17.2. The fraction of sp³-hybridized carbons (Fsp3) is 0.286. The van der Waals surface area contributed by atoms with Gasteiger partial charge in [0.25, 0.3) is 5.91 Å². The standard InChI is InChI=1S/C14H16ClN3OS/c1-10(8-18-6-5-16-9-18)17-14(19)12-7-11(20-2)3-4-13(12)15/h3-7,9-10H,8H2,1-2H3,(H,17,19)/t10-/m0/s1. The molecule has 0 aliphatic carbocycles. The first-order chi connectivity index (χ1) is 9.60. The van der Waals surface area contributed by atoms with E-state index in [9.17, 15) is 4.79 Å². The van der Waals surface area contributed by atoms with Crippen LogP contribution in [0.4, 0.5) is 0 Å². The minimum atomic E-state index is -0.154. The maximum absolute atomic E-state index is 12.2. The van der Waals surface area contributed by atoms with Crippen molar-refractivity contribution in [3.8, 4) is 0 Å². The second-order valence-electron chi connectivity index (χ2n) is 4.48. The van der Waals surface area contributed by atoms with E-state index < -0.39 is 0 Å². The van der Waals surface area contributed by atoms with Gasteiger partial charge in [-0.05, 0) is 31.4 Å². The molecule has 1 heterocycles. The van der Waals surface area contributed by atoms with E-state index in [0.717, 1.165) is 4.90 Å². The molecule has 106 valence electrons.